The van der Waals surface area contributed by atoms with Gasteiger partial charge in [0.25, 0.3) is 0 Å². The lowest BCUT2D eigenvalue weighted by Crippen LogP contribution is -2.34. The van der Waals surface area contributed by atoms with Gasteiger partial charge in [0.15, 0.2) is 6.29 Å². The predicted molar refractivity (Wildman–Crippen MR) is 39.6 cm³/mol. The van der Waals surface area contributed by atoms with Gasteiger partial charge < -0.3 is 24.4 Å². The summed E-state index contributed by atoms with van der Waals surface area (Å²) in [4.78, 5) is 0. The molecule has 12 heavy (non-hydrogen) atoms. The first-order valence-electron chi connectivity index (χ1n) is 3.74. The summed E-state index contributed by atoms with van der Waals surface area (Å²) in [6.07, 6.45) is -3.18. The van der Waals surface area contributed by atoms with Crippen LogP contribution in [0.25, 0.3) is 0 Å². The number of hydrogen-bond acceptors (Lipinski definition) is 5. The van der Waals surface area contributed by atoms with Crippen molar-refractivity contribution in [2.24, 2.45) is 0 Å². The number of aliphatic hydroxyl groups is 2. The van der Waals surface area contributed by atoms with Gasteiger partial charge in [-0.25, -0.2) is 0 Å². The number of hydrogen-bond donors (Lipinski definition) is 2. The van der Waals surface area contributed by atoms with Crippen LogP contribution in [-0.2, 0) is 14.2 Å². The molecule has 0 radical (unpaired) electrons. The third-order valence-electron chi connectivity index (χ3n) is 1.88. The molecule has 4 atom stereocenters. The Morgan fingerprint density at radius 3 is 2.33 bits per heavy atom. The Balaban J connectivity index is 2.48. The minimum Gasteiger partial charge on any atom is -0.387 e. The van der Waals surface area contributed by atoms with E-state index >= 15 is 0 Å². The first-order chi connectivity index (χ1) is 5.70. The van der Waals surface area contributed by atoms with Gasteiger partial charge >= 0.3 is 0 Å². The van der Waals surface area contributed by atoms with E-state index in [1.807, 2.05) is 0 Å². The van der Waals surface area contributed by atoms with Crippen LogP contribution in [0.4, 0.5) is 0 Å². The Morgan fingerprint density at radius 2 is 1.92 bits per heavy atom. The van der Waals surface area contributed by atoms with Crippen LogP contribution in [0.2, 0.25) is 0 Å². The van der Waals surface area contributed by atoms with Gasteiger partial charge in [0.05, 0.1) is 6.61 Å². The average molecular weight is 178 g/mol. The lowest BCUT2D eigenvalue weighted by molar-refractivity contribution is -0.154. The highest BCUT2D eigenvalue weighted by atomic mass is 16.7. The quantitative estimate of drug-likeness (QED) is 0.563. The van der Waals surface area contributed by atoms with E-state index in [-0.39, 0.29) is 6.61 Å². The fourth-order valence-electron chi connectivity index (χ4n) is 1.21. The van der Waals surface area contributed by atoms with Gasteiger partial charge in [0.2, 0.25) is 0 Å². The van der Waals surface area contributed by atoms with Crippen LogP contribution in [0.3, 0.4) is 0 Å². The summed E-state index contributed by atoms with van der Waals surface area (Å²) in [5.41, 5.74) is 0. The molecule has 5 heteroatoms. The standard InChI is InChI=1S/C7H14O5/c1-10-3-4-5(8)6(9)7(11-2)12-4/h4-9H,3H2,1-2H3/t4-,5-,6-,7-/m1/s1. The summed E-state index contributed by atoms with van der Waals surface area (Å²) in [5.74, 6) is 0. The molecule has 1 aliphatic heterocycles. The molecule has 0 bridgehead atoms. The van der Waals surface area contributed by atoms with Crippen LogP contribution < -0.4 is 0 Å². The second-order valence-electron chi connectivity index (χ2n) is 2.72. The molecule has 0 unspecified atom stereocenters. The highest BCUT2D eigenvalue weighted by molar-refractivity contribution is 4.86. The highest BCUT2D eigenvalue weighted by Crippen LogP contribution is 2.21. The largest absolute Gasteiger partial charge is 0.387 e. The van der Waals surface area contributed by atoms with Gasteiger partial charge in [-0.2, -0.15) is 0 Å². The molecule has 2 N–H and O–H groups in total. The molecule has 0 aromatic heterocycles. The van der Waals surface area contributed by atoms with Crippen molar-refractivity contribution in [1.29, 1.82) is 0 Å². The smallest absolute Gasteiger partial charge is 0.186 e. The molecule has 1 aliphatic rings. The van der Waals surface area contributed by atoms with Crippen molar-refractivity contribution in [2.45, 2.75) is 24.6 Å². The average Bonchev–Trinajstić information content (AvgIpc) is 2.33. The van der Waals surface area contributed by atoms with E-state index in [1.54, 1.807) is 0 Å². The summed E-state index contributed by atoms with van der Waals surface area (Å²) in [7, 11) is 2.92. The molecule has 72 valence electrons. The molecule has 5 nitrogen and oxygen atoms in total. The molecule has 0 amide bonds. The first kappa shape index (κ1) is 9.88. The van der Waals surface area contributed by atoms with Crippen LogP contribution >= 0.6 is 0 Å². The summed E-state index contributed by atoms with van der Waals surface area (Å²) >= 11 is 0. The van der Waals surface area contributed by atoms with Crippen molar-refractivity contribution in [3.05, 3.63) is 0 Å². The number of rotatable bonds is 3. The fraction of sp³-hybridized carbons (Fsp3) is 1.00. The molecular weight excluding hydrogens is 164 g/mol. The van der Waals surface area contributed by atoms with E-state index in [2.05, 4.69) is 0 Å². The second-order valence-corrected chi connectivity index (χ2v) is 2.72. The maximum atomic E-state index is 9.36. The van der Waals surface area contributed by atoms with Crippen molar-refractivity contribution in [1.82, 2.24) is 0 Å². The molecule has 1 rings (SSSR count). The monoisotopic (exact) mass is 178 g/mol. The van der Waals surface area contributed by atoms with E-state index in [9.17, 15) is 10.2 Å². The number of methoxy groups -OCH3 is 2. The Hall–Kier alpha value is -0.200. The van der Waals surface area contributed by atoms with Crippen molar-refractivity contribution in [3.63, 3.8) is 0 Å². The van der Waals surface area contributed by atoms with Gasteiger partial charge in [0, 0.05) is 14.2 Å². The van der Waals surface area contributed by atoms with Crippen molar-refractivity contribution in [3.8, 4) is 0 Å². The van der Waals surface area contributed by atoms with Gasteiger partial charge in [-0.05, 0) is 0 Å². The SMILES string of the molecule is COC[C@H]1O[C@@H](OC)[C@H](O)[C@@H]1O. The zero-order valence-corrected chi connectivity index (χ0v) is 7.14. The number of aliphatic hydroxyl groups excluding tert-OH is 2. The van der Waals surface area contributed by atoms with Crippen molar-refractivity contribution >= 4 is 0 Å². The molecule has 0 aromatic rings. The summed E-state index contributed by atoms with van der Waals surface area (Å²) in [6, 6.07) is 0. The lowest BCUT2D eigenvalue weighted by Gasteiger charge is -2.11. The van der Waals surface area contributed by atoms with Crippen LogP contribution in [-0.4, -0.2) is 55.6 Å². The van der Waals surface area contributed by atoms with Crippen LogP contribution in [0, 0.1) is 0 Å². The van der Waals surface area contributed by atoms with E-state index in [1.165, 1.54) is 14.2 Å². The predicted octanol–water partition coefficient (Wildman–Crippen LogP) is -1.27. The van der Waals surface area contributed by atoms with E-state index in [0.29, 0.717) is 0 Å². The maximum absolute atomic E-state index is 9.36. The zero-order valence-electron chi connectivity index (χ0n) is 7.14. The Labute approximate surface area is 70.9 Å². The molecule has 1 heterocycles. The van der Waals surface area contributed by atoms with Gasteiger partial charge in [0.1, 0.15) is 18.3 Å². The van der Waals surface area contributed by atoms with E-state index < -0.39 is 24.6 Å². The fourth-order valence-corrected chi connectivity index (χ4v) is 1.21. The molecule has 1 saturated heterocycles. The van der Waals surface area contributed by atoms with Crippen LogP contribution in [0.15, 0.2) is 0 Å². The van der Waals surface area contributed by atoms with Gasteiger partial charge in [-0.15, -0.1) is 0 Å². The Morgan fingerprint density at radius 1 is 1.25 bits per heavy atom. The molecule has 0 spiro atoms. The highest BCUT2D eigenvalue weighted by Gasteiger charge is 2.42. The third-order valence-corrected chi connectivity index (χ3v) is 1.88. The third kappa shape index (κ3) is 1.75. The molecule has 0 saturated carbocycles. The molecular formula is C7H14O5. The van der Waals surface area contributed by atoms with Crippen LogP contribution in [0.1, 0.15) is 0 Å². The molecule has 0 aliphatic carbocycles. The normalized spacial score (nSPS) is 42.0. The Bertz CT molecular complexity index is 140. The zero-order chi connectivity index (χ0) is 9.14. The van der Waals surface area contributed by atoms with Crippen molar-refractivity contribution in [2.75, 3.05) is 20.8 Å². The first-order valence-corrected chi connectivity index (χ1v) is 3.74. The second kappa shape index (κ2) is 4.15. The lowest BCUT2D eigenvalue weighted by atomic mass is 10.1. The van der Waals surface area contributed by atoms with Gasteiger partial charge in [-0.3, -0.25) is 0 Å². The van der Waals surface area contributed by atoms with E-state index in [4.69, 9.17) is 14.2 Å². The maximum Gasteiger partial charge on any atom is 0.186 e. The molecule has 0 aromatic carbocycles. The van der Waals surface area contributed by atoms with Crippen molar-refractivity contribution < 1.29 is 24.4 Å². The van der Waals surface area contributed by atoms with Crippen LogP contribution in [0.5, 0.6) is 0 Å². The topological polar surface area (TPSA) is 68.2 Å². The number of ether oxygens (including phenoxy) is 3. The summed E-state index contributed by atoms with van der Waals surface area (Å²) < 4.78 is 14.7. The minimum atomic E-state index is -0.991. The minimum absolute atomic E-state index is 0.248. The molecule has 1 fully saturated rings. The van der Waals surface area contributed by atoms with Gasteiger partial charge in [-0.1, -0.05) is 0 Å². The van der Waals surface area contributed by atoms with E-state index in [0.717, 1.165) is 0 Å². The summed E-state index contributed by atoms with van der Waals surface area (Å²) in [6.45, 7) is 0.248. The Kier molecular flexibility index (Phi) is 3.42. The summed E-state index contributed by atoms with van der Waals surface area (Å²) in [5, 5.41) is 18.7.